The zero-order valence-corrected chi connectivity index (χ0v) is 11.6. The van der Waals surface area contributed by atoms with Crippen molar-refractivity contribution in [2.45, 2.75) is 6.54 Å². The SMILES string of the molecule is O=C(NCc1ccc(N2CCOCC2)cc1)c1cn[nH]n1. The van der Waals surface area contributed by atoms with Gasteiger partial charge in [0.15, 0.2) is 5.69 Å². The van der Waals surface area contributed by atoms with Crippen LogP contribution in [0.15, 0.2) is 30.5 Å². The fourth-order valence-electron chi connectivity index (χ4n) is 2.23. The lowest BCUT2D eigenvalue weighted by atomic mass is 10.2. The lowest BCUT2D eigenvalue weighted by molar-refractivity contribution is 0.0946. The van der Waals surface area contributed by atoms with Gasteiger partial charge in [0, 0.05) is 25.3 Å². The van der Waals surface area contributed by atoms with E-state index in [1.54, 1.807) is 0 Å². The Morgan fingerprint density at radius 1 is 1.29 bits per heavy atom. The second-order valence-corrected chi connectivity index (χ2v) is 4.80. The average Bonchev–Trinajstić information content (AvgIpc) is 3.08. The van der Waals surface area contributed by atoms with E-state index in [0.29, 0.717) is 12.2 Å². The molecular formula is C14H17N5O2. The van der Waals surface area contributed by atoms with Gasteiger partial charge >= 0.3 is 0 Å². The van der Waals surface area contributed by atoms with Gasteiger partial charge in [-0.3, -0.25) is 4.79 Å². The molecule has 1 amide bonds. The fourth-order valence-corrected chi connectivity index (χ4v) is 2.23. The highest BCUT2D eigenvalue weighted by Crippen LogP contribution is 2.16. The molecule has 21 heavy (non-hydrogen) atoms. The van der Waals surface area contributed by atoms with Crippen LogP contribution >= 0.6 is 0 Å². The van der Waals surface area contributed by atoms with Crippen molar-refractivity contribution in [2.75, 3.05) is 31.2 Å². The van der Waals surface area contributed by atoms with E-state index in [1.807, 2.05) is 12.1 Å². The van der Waals surface area contributed by atoms with Crippen LogP contribution in [-0.4, -0.2) is 47.6 Å². The predicted octanol–water partition coefficient (Wildman–Crippen LogP) is 0.571. The molecule has 7 nitrogen and oxygen atoms in total. The standard InChI is InChI=1S/C14H17N5O2/c20-14(13-10-16-18-17-13)15-9-11-1-3-12(4-2-11)19-5-7-21-8-6-19/h1-4,10H,5-9H2,(H,15,20)(H,16,17,18). The summed E-state index contributed by atoms with van der Waals surface area (Å²) < 4.78 is 5.34. The highest BCUT2D eigenvalue weighted by atomic mass is 16.5. The number of anilines is 1. The number of ether oxygens (including phenoxy) is 1. The zero-order valence-electron chi connectivity index (χ0n) is 11.6. The minimum atomic E-state index is -0.235. The number of rotatable bonds is 4. The summed E-state index contributed by atoms with van der Waals surface area (Å²) in [5.41, 5.74) is 2.52. The van der Waals surface area contributed by atoms with Crippen LogP contribution in [0.3, 0.4) is 0 Å². The molecule has 1 fully saturated rings. The maximum Gasteiger partial charge on any atom is 0.273 e. The summed E-state index contributed by atoms with van der Waals surface area (Å²) in [7, 11) is 0. The number of carbonyl (C=O) groups excluding carboxylic acids is 1. The maximum atomic E-state index is 11.7. The van der Waals surface area contributed by atoms with Gasteiger partial charge in [-0.15, -0.1) is 0 Å². The highest BCUT2D eigenvalue weighted by Gasteiger charge is 2.11. The number of aromatic nitrogens is 3. The smallest absolute Gasteiger partial charge is 0.273 e. The van der Waals surface area contributed by atoms with Gasteiger partial charge in [-0.05, 0) is 17.7 Å². The Balaban J connectivity index is 1.55. The number of hydrogen-bond donors (Lipinski definition) is 2. The molecule has 1 aliphatic rings. The molecule has 0 bridgehead atoms. The summed E-state index contributed by atoms with van der Waals surface area (Å²) in [5.74, 6) is -0.235. The molecule has 2 heterocycles. The van der Waals surface area contributed by atoms with Crippen molar-refractivity contribution >= 4 is 11.6 Å². The molecule has 110 valence electrons. The topological polar surface area (TPSA) is 83.1 Å². The lowest BCUT2D eigenvalue weighted by Crippen LogP contribution is -2.36. The van der Waals surface area contributed by atoms with E-state index in [2.05, 4.69) is 37.8 Å². The number of amides is 1. The Labute approximate surface area is 122 Å². The summed E-state index contributed by atoms with van der Waals surface area (Å²) in [6, 6.07) is 8.19. The molecule has 7 heteroatoms. The Hall–Kier alpha value is -2.41. The average molecular weight is 287 g/mol. The molecule has 0 unspecified atom stereocenters. The zero-order chi connectivity index (χ0) is 14.5. The minimum Gasteiger partial charge on any atom is -0.378 e. The molecule has 2 N–H and O–H groups in total. The van der Waals surface area contributed by atoms with Crippen molar-refractivity contribution in [3.63, 3.8) is 0 Å². The van der Waals surface area contributed by atoms with Gasteiger partial charge < -0.3 is 15.0 Å². The van der Waals surface area contributed by atoms with E-state index in [4.69, 9.17) is 4.74 Å². The second kappa shape index (κ2) is 6.36. The summed E-state index contributed by atoms with van der Waals surface area (Å²) in [6.07, 6.45) is 1.40. The molecule has 0 spiro atoms. The molecule has 1 aliphatic heterocycles. The van der Waals surface area contributed by atoms with E-state index in [1.165, 1.54) is 11.9 Å². The van der Waals surface area contributed by atoms with Crippen LogP contribution in [-0.2, 0) is 11.3 Å². The van der Waals surface area contributed by atoms with Crippen LogP contribution in [0.1, 0.15) is 16.1 Å². The number of aromatic amines is 1. The molecule has 0 aliphatic carbocycles. The summed E-state index contributed by atoms with van der Waals surface area (Å²) >= 11 is 0. The number of H-pyrrole nitrogens is 1. The molecule has 0 atom stereocenters. The van der Waals surface area contributed by atoms with E-state index >= 15 is 0 Å². The van der Waals surface area contributed by atoms with E-state index in [0.717, 1.165) is 31.9 Å². The van der Waals surface area contributed by atoms with E-state index < -0.39 is 0 Å². The van der Waals surface area contributed by atoms with Gasteiger partial charge in [0.1, 0.15) is 0 Å². The Morgan fingerprint density at radius 2 is 2.05 bits per heavy atom. The molecule has 0 saturated carbocycles. The predicted molar refractivity (Wildman–Crippen MR) is 77.0 cm³/mol. The molecule has 1 aromatic heterocycles. The van der Waals surface area contributed by atoms with Crippen LogP contribution in [0.2, 0.25) is 0 Å². The van der Waals surface area contributed by atoms with E-state index in [9.17, 15) is 4.79 Å². The van der Waals surface area contributed by atoms with Crippen LogP contribution in [0, 0.1) is 0 Å². The fraction of sp³-hybridized carbons (Fsp3) is 0.357. The van der Waals surface area contributed by atoms with Gasteiger partial charge in [0.2, 0.25) is 0 Å². The number of nitrogens with one attached hydrogen (secondary N) is 2. The lowest BCUT2D eigenvalue weighted by Gasteiger charge is -2.28. The number of hydrogen-bond acceptors (Lipinski definition) is 5. The summed E-state index contributed by atoms with van der Waals surface area (Å²) in [4.78, 5) is 14.0. The van der Waals surface area contributed by atoms with Gasteiger partial charge in [0.25, 0.3) is 5.91 Å². The Morgan fingerprint density at radius 3 is 2.71 bits per heavy atom. The van der Waals surface area contributed by atoms with Crippen LogP contribution in [0.25, 0.3) is 0 Å². The maximum absolute atomic E-state index is 11.7. The first-order valence-corrected chi connectivity index (χ1v) is 6.88. The normalized spacial score (nSPS) is 15.0. The van der Waals surface area contributed by atoms with Crippen LogP contribution in [0.5, 0.6) is 0 Å². The largest absolute Gasteiger partial charge is 0.378 e. The van der Waals surface area contributed by atoms with Crippen molar-refractivity contribution < 1.29 is 9.53 Å². The molecule has 1 saturated heterocycles. The van der Waals surface area contributed by atoms with Gasteiger partial charge in [-0.1, -0.05) is 12.1 Å². The molecule has 3 rings (SSSR count). The minimum absolute atomic E-state index is 0.235. The summed E-state index contributed by atoms with van der Waals surface area (Å²) in [5, 5.41) is 12.6. The van der Waals surface area contributed by atoms with Gasteiger partial charge in [0.05, 0.1) is 19.4 Å². The number of carbonyl (C=O) groups is 1. The molecule has 1 aromatic carbocycles. The summed E-state index contributed by atoms with van der Waals surface area (Å²) in [6.45, 7) is 3.85. The third-order valence-corrected chi connectivity index (χ3v) is 3.41. The second-order valence-electron chi connectivity index (χ2n) is 4.80. The highest BCUT2D eigenvalue weighted by molar-refractivity contribution is 5.91. The quantitative estimate of drug-likeness (QED) is 0.859. The van der Waals surface area contributed by atoms with Gasteiger partial charge in [-0.2, -0.15) is 15.4 Å². The number of nitrogens with zero attached hydrogens (tertiary/aromatic N) is 3. The molecular weight excluding hydrogens is 270 g/mol. The molecule has 2 aromatic rings. The molecule has 0 radical (unpaired) electrons. The van der Waals surface area contributed by atoms with Crippen molar-refractivity contribution in [1.82, 2.24) is 20.7 Å². The first kappa shape index (κ1) is 13.6. The van der Waals surface area contributed by atoms with Gasteiger partial charge in [-0.25, -0.2) is 0 Å². The number of benzene rings is 1. The van der Waals surface area contributed by atoms with E-state index in [-0.39, 0.29) is 5.91 Å². The van der Waals surface area contributed by atoms with Crippen molar-refractivity contribution in [2.24, 2.45) is 0 Å². The van der Waals surface area contributed by atoms with Crippen LogP contribution < -0.4 is 10.2 Å². The third kappa shape index (κ3) is 3.38. The van der Waals surface area contributed by atoms with Crippen LogP contribution in [0.4, 0.5) is 5.69 Å². The van der Waals surface area contributed by atoms with Crippen molar-refractivity contribution in [1.29, 1.82) is 0 Å². The first-order valence-electron chi connectivity index (χ1n) is 6.88. The Kier molecular flexibility index (Phi) is 4.11. The third-order valence-electron chi connectivity index (χ3n) is 3.41. The van der Waals surface area contributed by atoms with Crippen molar-refractivity contribution in [3.05, 3.63) is 41.7 Å². The Bertz CT molecular complexity index is 576. The monoisotopic (exact) mass is 287 g/mol. The van der Waals surface area contributed by atoms with Crippen molar-refractivity contribution in [3.8, 4) is 0 Å². The number of morpholine rings is 1. The first-order chi connectivity index (χ1) is 10.3.